The number of halogens is 1. The molecule has 0 spiro atoms. The topological polar surface area (TPSA) is 71.6 Å². The molecule has 0 unspecified atom stereocenters. The average Bonchev–Trinajstić information content (AvgIpc) is 2.85. The molecule has 3 rings (SSSR count). The van der Waals surface area contributed by atoms with Crippen LogP contribution in [0.1, 0.15) is 23.3 Å². The lowest BCUT2D eigenvalue weighted by Gasteiger charge is -2.33. The number of hydrogen-bond donors (Lipinski definition) is 1. The van der Waals surface area contributed by atoms with Crippen molar-refractivity contribution in [3.63, 3.8) is 0 Å². The molecule has 0 aliphatic carbocycles. The number of hydrogen-bond acceptors (Lipinski definition) is 6. The number of aromatic hydroxyl groups is 1. The quantitative estimate of drug-likeness (QED) is 0.930. The summed E-state index contributed by atoms with van der Waals surface area (Å²) >= 11 is 0. The van der Waals surface area contributed by atoms with Crippen molar-refractivity contribution in [2.45, 2.75) is 19.5 Å². The summed E-state index contributed by atoms with van der Waals surface area (Å²) in [6, 6.07) is 3.88. The minimum atomic E-state index is -0.455. The molecule has 2 aromatic rings. The number of rotatable bonds is 3. The van der Waals surface area contributed by atoms with E-state index in [-0.39, 0.29) is 11.8 Å². The van der Waals surface area contributed by atoms with Crippen molar-refractivity contribution in [2.75, 3.05) is 19.8 Å². The van der Waals surface area contributed by atoms with Crippen molar-refractivity contribution in [2.24, 2.45) is 0 Å². The summed E-state index contributed by atoms with van der Waals surface area (Å²) in [6.07, 6.45) is 0. The van der Waals surface area contributed by atoms with Crippen LogP contribution >= 0.6 is 0 Å². The number of phenolic OH excluding ortho intramolecular Hbond substituents is 1. The molecule has 1 atom stereocenters. The van der Waals surface area contributed by atoms with E-state index in [4.69, 9.17) is 9.26 Å². The van der Waals surface area contributed by atoms with E-state index in [2.05, 4.69) is 15.0 Å². The minimum Gasteiger partial charge on any atom is -0.508 e. The van der Waals surface area contributed by atoms with Crippen LogP contribution in [0.15, 0.2) is 22.7 Å². The second-order valence-electron chi connectivity index (χ2n) is 5.06. The SMILES string of the molecule is Cc1noc([C@H]2COCCN2Cc2cc(O)cc(F)c2)n1. The highest BCUT2D eigenvalue weighted by molar-refractivity contribution is 5.28. The van der Waals surface area contributed by atoms with Gasteiger partial charge in [-0.1, -0.05) is 5.16 Å². The monoisotopic (exact) mass is 293 g/mol. The molecule has 0 bridgehead atoms. The van der Waals surface area contributed by atoms with Gasteiger partial charge in [0.15, 0.2) is 5.82 Å². The lowest BCUT2D eigenvalue weighted by atomic mass is 10.1. The summed E-state index contributed by atoms with van der Waals surface area (Å²) in [5.41, 5.74) is 0.690. The zero-order valence-corrected chi connectivity index (χ0v) is 11.6. The Kier molecular flexibility index (Phi) is 3.85. The first-order chi connectivity index (χ1) is 10.1. The largest absolute Gasteiger partial charge is 0.508 e. The van der Waals surface area contributed by atoms with E-state index in [9.17, 15) is 9.50 Å². The van der Waals surface area contributed by atoms with Gasteiger partial charge in [-0.25, -0.2) is 4.39 Å². The van der Waals surface area contributed by atoms with Gasteiger partial charge in [0.05, 0.1) is 13.2 Å². The maximum Gasteiger partial charge on any atom is 0.246 e. The summed E-state index contributed by atoms with van der Waals surface area (Å²) in [6.45, 7) is 3.93. The average molecular weight is 293 g/mol. The van der Waals surface area contributed by atoms with E-state index in [0.717, 1.165) is 6.07 Å². The number of ether oxygens (including phenoxy) is 1. The molecule has 21 heavy (non-hydrogen) atoms. The Balaban J connectivity index is 1.81. The third kappa shape index (κ3) is 3.20. The fourth-order valence-electron chi connectivity index (χ4n) is 2.46. The van der Waals surface area contributed by atoms with Crippen LogP contribution in [0.5, 0.6) is 5.75 Å². The smallest absolute Gasteiger partial charge is 0.246 e. The maximum atomic E-state index is 13.4. The van der Waals surface area contributed by atoms with Gasteiger partial charge in [0, 0.05) is 19.2 Å². The molecule has 1 saturated heterocycles. The predicted molar refractivity (Wildman–Crippen MR) is 71.1 cm³/mol. The molecule has 1 aromatic carbocycles. The molecule has 112 valence electrons. The second kappa shape index (κ2) is 5.79. The summed E-state index contributed by atoms with van der Waals surface area (Å²) in [5.74, 6) is 0.527. The van der Waals surface area contributed by atoms with Gasteiger partial charge in [0.25, 0.3) is 0 Å². The maximum absolute atomic E-state index is 13.4. The van der Waals surface area contributed by atoms with E-state index >= 15 is 0 Å². The summed E-state index contributed by atoms with van der Waals surface area (Å²) < 4.78 is 24.0. The van der Waals surface area contributed by atoms with Crippen LogP contribution in [0.25, 0.3) is 0 Å². The van der Waals surface area contributed by atoms with Crippen LogP contribution in [0, 0.1) is 12.7 Å². The highest BCUT2D eigenvalue weighted by Gasteiger charge is 2.29. The summed E-state index contributed by atoms with van der Waals surface area (Å²) in [7, 11) is 0. The van der Waals surface area contributed by atoms with Crippen molar-refractivity contribution in [3.05, 3.63) is 41.3 Å². The fraction of sp³-hybridized carbons (Fsp3) is 0.429. The first-order valence-electron chi connectivity index (χ1n) is 6.72. The molecule has 7 heteroatoms. The van der Waals surface area contributed by atoms with Crippen LogP contribution < -0.4 is 0 Å². The lowest BCUT2D eigenvalue weighted by Crippen LogP contribution is -2.39. The Morgan fingerprint density at radius 2 is 2.29 bits per heavy atom. The Hall–Kier alpha value is -1.99. The first kappa shape index (κ1) is 14.0. The van der Waals surface area contributed by atoms with Gasteiger partial charge in [-0.15, -0.1) is 0 Å². The van der Waals surface area contributed by atoms with Gasteiger partial charge in [0.1, 0.15) is 17.6 Å². The molecule has 0 saturated carbocycles. The van der Waals surface area contributed by atoms with E-state index in [1.54, 1.807) is 13.0 Å². The summed E-state index contributed by atoms with van der Waals surface area (Å²) in [5, 5.41) is 13.3. The Bertz CT molecular complexity index is 611. The Morgan fingerprint density at radius 1 is 1.43 bits per heavy atom. The molecule has 1 aromatic heterocycles. The highest BCUT2D eigenvalue weighted by atomic mass is 19.1. The van der Waals surface area contributed by atoms with Crippen molar-refractivity contribution < 1.29 is 18.8 Å². The van der Waals surface area contributed by atoms with E-state index < -0.39 is 5.82 Å². The van der Waals surface area contributed by atoms with Gasteiger partial charge >= 0.3 is 0 Å². The number of aryl methyl sites for hydroxylation is 1. The normalized spacial score (nSPS) is 19.8. The van der Waals surface area contributed by atoms with E-state index in [1.807, 2.05) is 0 Å². The fourth-order valence-corrected chi connectivity index (χ4v) is 2.46. The van der Waals surface area contributed by atoms with Crippen LogP contribution in [0.2, 0.25) is 0 Å². The van der Waals surface area contributed by atoms with Crippen molar-refractivity contribution in [1.82, 2.24) is 15.0 Å². The van der Waals surface area contributed by atoms with Gasteiger partial charge in [0.2, 0.25) is 5.89 Å². The molecule has 1 aliphatic rings. The van der Waals surface area contributed by atoms with Gasteiger partial charge in [-0.3, -0.25) is 4.90 Å². The molecular formula is C14H16FN3O3. The molecule has 2 heterocycles. The van der Waals surface area contributed by atoms with Gasteiger partial charge in [-0.05, 0) is 24.6 Å². The number of nitrogens with zero attached hydrogens (tertiary/aromatic N) is 3. The van der Waals surface area contributed by atoms with Gasteiger partial charge in [-0.2, -0.15) is 4.98 Å². The Labute approximate surface area is 121 Å². The minimum absolute atomic E-state index is 0.0801. The third-order valence-electron chi connectivity index (χ3n) is 3.40. The van der Waals surface area contributed by atoms with E-state index in [0.29, 0.717) is 43.6 Å². The number of phenols is 1. The van der Waals surface area contributed by atoms with Crippen molar-refractivity contribution in [3.8, 4) is 5.75 Å². The molecular weight excluding hydrogens is 277 g/mol. The molecule has 0 radical (unpaired) electrons. The standard InChI is InChI=1S/C14H16FN3O3/c1-9-16-14(21-17-9)13-8-20-3-2-18(13)7-10-4-11(15)6-12(19)5-10/h4-6,13,19H,2-3,7-8H2,1H3/t13-/m1/s1. The lowest BCUT2D eigenvalue weighted by molar-refractivity contribution is -0.0241. The van der Waals surface area contributed by atoms with Crippen LogP contribution in [-0.4, -0.2) is 39.9 Å². The number of benzene rings is 1. The van der Waals surface area contributed by atoms with Crippen molar-refractivity contribution in [1.29, 1.82) is 0 Å². The Morgan fingerprint density at radius 3 is 3.00 bits per heavy atom. The molecule has 0 amide bonds. The van der Waals surface area contributed by atoms with Crippen molar-refractivity contribution >= 4 is 0 Å². The van der Waals surface area contributed by atoms with Crippen LogP contribution in [-0.2, 0) is 11.3 Å². The van der Waals surface area contributed by atoms with Crippen LogP contribution in [0.3, 0.4) is 0 Å². The molecule has 1 N–H and O–H groups in total. The molecule has 1 fully saturated rings. The van der Waals surface area contributed by atoms with Gasteiger partial charge < -0.3 is 14.4 Å². The first-order valence-corrected chi connectivity index (χ1v) is 6.72. The molecule has 6 nitrogen and oxygen atoms in total. The zero-order valence-electron chi connectivity index (χ0n) is 11.6. The summed E-state index contributed by atoms with van der Waals surface area (Å²) in [4.78, 5) is 6.31. The van der Waals surface area contributed by atoms with Crippen LogP contribution in [0.4, 0.5) is 4.39 Å². The molecule has 1 aliphatic heterocycles. The number of morpholine rings is 1. The number of aromatic nitrogens is 2. The highest BCUT2D eigenvalue weighted by Crippen LogP contribution is 2.26. The zero-order chi connectivity index (χ0) is 14.8. The third-order valence-corrected chi connectivity index (χ3v) is 3.40. The predicted octanol–water partition coefficient (Wildman–Crippen LogP) is 1.80. The van der Waals surface area contributed by atoms with E-state index in [1.165, 1.54) is 6.07 Å². The second-order valence-corrected chi connectivity index (χ2v) is 5.06.